The first kappa shape index (κ1) is 20.3. The number of nitrogens with one attached hydrogen (secondary N) is 2. The summed E-state index contributed by atoms with van der Waals surface area (Å²) in [4.78, 5) is 22.8. The number of carbonyl (C=O) groups excluding carboxylic acids is 1. The van der Waals surface area contributed by atoms with Gasteiger partial charge in [0, 0.05) is 30.7 Å². The molecule has 1 fully saturated rings. The zero-order chi connectivity index (χ0) is 21.8. The van der Waals surface area contributed by atoms with Crippen molar-refractivity contribution in [2.75, 3.05) is 18.4 Å². The maximum Gasteiger partial charge on any atom is 0.276 e. The first-order valence-corrected chi connectivity index (χ1v) is 10.1. The van der Waals surface area contributed by atoms with Crippen LogP contribution in [0.2, 0.25) is 0 Å². The highest BCUT2D eigenvalue weighted by Gasteiger charge is 2.17. The minimum atomic E-state index is -0.356. The summed E-state index contributed by atoms with van der Waals surface area (Å²) in [5.74, 6) is -0.463. The topological polar surface area (TPSA) is 106 Å². The van der Waals surface area contributed by atoms with Gasteiger partial charge in [-0.25, -0.2) is 4.98 Å². The Morgan fingerprint density at radius 1 is 1.29 bits per heavy atom. The van der Waals surface area contributed by atoms with E-state index in [0.717, 1.165) is 40.8 Å². The number of aromatic amines is 1. The molecule has 0 bridgehead atoms. The average Bonchev–Trinajstić information content (AvgIpc) is 3.44. The van der Waals surface area contributed by atoms with Gasteiger partial charge in [0.25, 0.3) is 5.91 Å². The van der Waals surface area contributed by atoms with E-state index in [1.165, 1.54) is 25.1 Å². The summed E-state index contributed by atoms with van der Waals surface area (Å²) < 4.78 is 0. The molecule has 0 spiro atoms. The highest BCUT2D eigenvalue weighted by atomic mass is 16.3. The summed E-state index contributed by atoms with van der Waals surface area (Å²) in [5, 5.41) is 19.9. The molecule has 0 aliphatic carbocycles. The zero-order valence-corrected chi connectivity index (χ0v) is 17.3. The number of carbonyl (C=O) groups is 1. The van der Waals surface area contributed by atoms with Crippen molar-refractivity contribution >= 4 is 34.8 Å². The van der Waals surface area contributed by atoms with E-state index in [1.807, 2.05) is 25.1 Å². The summed E-state index contributed by atoms with van der Waals surface area (Å²) >= 11 is 0. The molecule has 1 saturated heterocycles. The van der Waals surface area contributed by atoms with Crippen LogP contribution in [0.5, 0.6) is 5.88 Å². The molecular weight excluding hydrogens is 392 g/mol. The molecule has 3 N–H and O–H groups in total. The van der Waals surface area contributed by atoms with Gasteiger partial charge in [-0.05, 0) is 61.9 Å². The van der Waals surface area contributed by atoms with E-state index in [0.29, 0.717) is 11.4 Å². The SMILES string of the molecule is C=N/C=C(\C=C(/C)c1ccc2[nH]nc(C(=O)Nc3ccc(O)nc3)c2c1)N1CCCC1. The lowest BCUT2D eigenvalue weighted by molar-refractivity contribution is 0.102. The maximum absolute atomic E-state index is 12.8. The van der Waals surface area contributed by atoms with Crippen molar-refractivity contribution in [2.24, 2.45) is 4.99 Å². The van der Waals surface area contributed by atoms with Crippen LogP contribution in [0.3, 0.4) is 0 Å². The second-order valence-electron chi connectivity index (χ2n) is 7.45. The highest BCUT2D eigenvalue weighted by Crippen LogP contribution is 2.26. The normalized spacial score (nSPS) is 14.8. The van der Waals surface area contributed by atoms with E-state index in [9.17, 15) is 9.90 Å². The predicted molar refractivity (Wildman–Crippen MR) is 122 cm³/mol. The van der Waals surface area contributed by atoms with E-state index < -0.39 is 0 Å². The van der Waals surface area contributed by atoms with E-state index >= 15 is 0 Å². The monoisotopic (exact) mass is 416 g/mol. The third-order valence-corrected chi connectivity index (χ3v) is 5.30. The number of aromatic nitrogens is 3. The number of likely N-dealkylation sites (tertiary alicyclic amines) is 1. The Morgan fingerprint density at radius 2 is 2.10 bits per heavy atom. The Balaban J connectivity index is 1.62. The largest absolute Gasteiger partial charge is 0.493 e. The number of nitrogens with zero attached hydrogens (tertiary/aromatic N) is 4. The first-order valence-electron chi connectivity index (χ1n) is 10.1. The van der Waals surface area contributed by atoms with Crippen molar-refractivity contribution in [2.45, 2.75) is 19.8 Å². The number of allylic oxidation sites excluding steroid dienone is 2. The third kappa shape index (κ3) is 4.48. The van der Waals surface area contributed by atoms with Gasteiger partial charge in [0.1, 0.15) is 0 Å². The van der Waals surface area contributed by atoms with E-state index in [2.05, 4.69) is 43.2 Å². The molecule has 2 aromatic heterocycles. The molecule has 31 heavy (non-hydrogen) atoms. The van der Waals surface area contributed by atoms with Gasteiger partial charge in [-0.2, -0.15) is 5.10 Å². The minimum absolute atomic E-state index is 0.107. The molecule has 158 valence electrons. The van der Waals surface area contributed by atoms with E-state index in [1.54, 1.807) is 12.3 Å². The van der Waals surface area contributed by atoms with Crippen molar-refractivity contribution in [3.8, 4) is 5.88 Å². The smallest absolute Gasteiger partial charge is 0.276 e. The molecule has 1 amide bonds. The summed E-state index contributed by atoms with van der Waals surface area (Å²) in [6.45, 7) is 7.67. The number of hydrogen-bond donors (Lipinski definition) is 3. The van der Waals surface area contributed by atoms with Gasteiger partial charge in [-0.15, -0.1) is 0 Å². The third-order valence-electron chi connectivity index (χ3n) is 5.30. The molecule has 0 saturated carbocycles. The Kier molecular flexibility index (Phi) is 5.79. The summed E-state index contributed by atoms with van der Waals surface area (Å²) in [5.41, 5.74) is 4.62. The molecule has 1 aliphatic heterocycles. The second kappa shape index (κ2) is 8.83. The molecule has 8 nitrogen and oxygen atoms in total. The Hall–Kier alpha value is -3.94. The molecule has 0 atom stereocenters. The number of anilines is 1. The lowest BCUT2D eigenvalue weighted by atomic mass is 10.0. The van der Waals surface area contributed by atoms with Gasteiger partial charge in [0.15, 0.2) is 5.69 Å². The van der Waals surface area contributed by atoms with Gasteiger partial charge in [0.2, 0.25) is 5.88 Å². The fourth-order valence-electron chi connectivity index (χ4n) is 3.67. The minimum Gasteiger partial charge on any atom is -0.493 e. The van der Waals surface area contributed by atoms with E-state index in [-0.39, 0.29) is 11.8 Å². The number of rotatable bonds is 6. The van der Waals surface area contributed by atoms with E-state index in [4.69, 9.17) is 0 Å². The van der Waals surface area contributed by atoms with Gasteiger partial charge in [-0.1, -0.05) is 6.07 Å². The van der Waals surface area contributed by atoms with Gasteiger partial charge in [-0.3, -0.25) is 14.9 Å². The van der Waals surface area contributed by atoms with Gasteiger partial charge < -0.3 is 15.3 Å². The van der Waals surface area contributed by atoms with Crippen molar-refractivity contribution < 1.29 is 9.90 Å². The van der Waals surface area contributed by atoms with Crippen LogP contribution >= 0.6 is 0 Å². The number of fused-ring (bicyclic) bond motifs is 1. The van der Waals surface area contributed by atoms with Gasteiger partial charge >= 0.3 is 0 Å². The molecule has 1 aliphatic rings. The summed E-state index contributed by atoms with van der Waals surface area (Å²) in [7, 11) is 0. The lowest BCUT2D eigenvalue weighted by Gasteiger charge is -2.19. The van der Waals surface area contributed by atoms with Crippen molar-refractivity contribution in [1.82, 2.24) is 20.1 Å². The molecule has 3 aromatic rings. The number of aliphatic imine (C=N–C) groups is 1. The predicted octanol–water partition coefficient (Wildman–Crippen LogP) is 3.96. The highest BCUT2D eigenvalue weighted by molar-refractivity contribution is 6.11. The maximum atomic E-state index is 12.8. The number of benzene rings is 1. The molecule has 1 aromatic carbocycles. The molecular formula is C23H24N6O2. The number of H-pyrrole nitrogens is 1. The van der Waals surface area contributed by atoms with Crippen molar-refractivity contribution in [1.29, 1.82) is 0 Å². The van der Waals surface area contributed by atoms with Crippen LogP contribution < -0.4 is 5.32 Å². The Labute approximate surface area is 180 Å². The van der Waals surface area contributed by atoms with Crippen LogP contribution in [0, 0.1) is 0 Å². The standard InChI is InChI=1S/C23H24N6O2/c1-15(11-18(14-24-2)29-9-3-4-10-29)16-5-7-20-19(12-16)22(28-27-20)23(31)26-17-6-8-21(30)25-13-17/h5-8,11-14H,2-4,9-10H2,1H3,(H,25,30)(H,26,31)(H,27,28)/b15-11+,18-14+. The quantitative estimate of drug-likeness (QED) is 0.417. The average molecular weight is 416 g/mol. The summed E-state index contributed by atoms with van der Waals surface area (Å²) in [6, 6.07) is 8.86. The lowest BCUT2D eigenvalue weighted by Crippen LogP contribution is -2.17. The van der Waals surface area contributed by atoms with Crippen LogP contribution in [0.25, 0.3) is 16.5 Å². The second-order valence-corrected chi connectivity index (χ2v) is 7.45. The number of amides is 1. The van der Waals surface area contributed by atoms with Gasteiger partial charge in [0.05, 0.1) is 23.1 Å². The molecule has 4 rings (SSSR count). The fourth-order valence-corrected chi connectivity index (χ4v) is 3.67. The Bertz CT molecular complexity index is 1170. The first-order chi connectivity index (χ1) is 15.0. The number of pyridine rings is 1. The van der Waals surface area contributed by atoms with Crippen LogP contribution in [0.4, 0.5) is 5.69 Å². The van der Waals surface area contributed by atoms with Crippen LogP contribution in [-0.2, 0) is 0 Å². The van der Waals surface area contributed by atoms with Crippen LogP contribution in [0.1, 0.15) is 35.8 Å². The Morgan fingerprint density at radius 3 is 2.81 bits per heavy atom. The molecule has 0 unspecified atom stereocenters. The number of aromatic hydroxyl groups is 1. The van der Waals surface area contributed by atoms with Crippen molar-refractivity contribution in [3.05, 3.63) is 65.8 Å². The molecule has 0 radical (unpaired) electrons. The van der Waals surface area contributed by atoms with Crippen LogP contribution in [-0.4, -0.2) is 50.9 Å². The summed E-state index contributed by atoms with van der Waals surface area (Å²) in [6.07, 6.45) is 7.63. The molecule has 8 heteroatoms. The molecule has 3 heterocycles. The fraction of sp³-hybridized carbons (Fsp3) is 0.217. The zero-order valence-electron chi connectivity index (χ0n) is 17.3. The number of hydrogen-bond acceptors (Lipinski definition) is 6. The van der Waals surface area contributed by atoms with Crippen molar-refractivity contribution in [3.63, 3.8) is 0 Å². The van der Waals surface area contributed by atoms with Crippen LogP contribution in [0.15, 0.2) is 59.5 Å².